The largest absolute Gasteiger partial charge is 0.300 e. The summed E-state index contributed by atoms with van der Waals surface area (Å²) in [6.07, 6.45) is 0. The van der Waals surface area contributed by atoms with Gasteiger partial charge in [-0.15, -0.1) is 10.2 Å². The number of H-pyrrole nitrogens is 1. The molecule has 3 aromatic carbocycles. The highest BCUT2D eigenvalue weighted by Crippen LogP contribution is 2.27. The van der Waals surface area contributed by atoms with Crippen LogP contribution in [-0.4, -0.2) is 20.6 Å². The van der Waals surface area contributed by atoms with Crippen molar-refractivity contribution in [3.8, 4) is 11.4 Å². The molecule has 5 heteroatoms. The second-order valence-electron chi connectivity index (χ2n) is 6.50. The fourth-order valence-corrected chi connectivity index (χ4v) is 3.23. The molecule has 0 aliphatic rings. The molecule has 4 rings (SSSR count). The van der Waals surface area contributed by atoms with E-state index in [0.717, 1.165) is 5.56 Å². The van der Waals surface area contributed by atoms with Gasteiger partial charge in [0.2, 0.25) is 5.82 Å². The molecule has 0 fully saturated rings. The van der Waals surface area contributed by atoms with Gasteiger partial charge in [-0.2, -0.15) is 5.21 Å². The van der Waals surface area contributed by atoms with Crippen LogP contribution in [0.25, 0.3) is 11.4 Å². The minimum absolute atomic E-state index is 0.0840. The van der Waals surface area contributed by atoms with Crippen LogP contribution in [0.1, 0.15) is 35.7 Å². The van der Waals surface area contributed by atoms with E-state index in [1.54, 1.807) is 0 Å². The molecule has 1 unspecified atom stereocenters. The molecule has 134 valence electrons. The Balaban J connectivity index is 1.64. The predicted molar refractivity (Wildman–Crippen MR) is 106 cm³/mol. The second-order valence-corrected chi connectivity index (χ2v) is 6.50. The zero-order chi connectivity index (χ0) is 18.5. The maximum atomic E-state index is 4.04. The van der Waals surface area contributed by atoms with Crippen LogP contribution in [0.4, 0.5) is 0 Å². The number of benzene rings is 3. The van der Waals surface area contributed by atoms with Crippen molar-refractivity contribution in [2.75, 3.05) is 0 Å². The number of nitrogens with zero attached hydrogens (tertiary/aromatic N) is 3. The van der Waals surface area contributed by atoms with Crippen molar-refractivity contribution in [1.82, 2.24) is 25.9 Å². The molecule has 2 atom stereocenters. The molecule has 0 spiro atoms. The van der Waals surface area contributed by atoms with Gasteiger partial charge in [0, 0.05) is 11.6 Å². The summed E-state index contributed by atoms with van der Waals surface area (Å²) in [5, 5.41) is 18.0. The first kappa shape index (κ1) is 17.1. The van der Waals surface area contributed by atoms with Gasteiger partial charge in [0.1, 0.15) is 0 Å². The SMILES string of the molecule is C[C@@H](NC(c1ccccc1)c1ccc(-c2nn[nH]n2)cc1)c1ccccc1. The molecule has 0 bridgehead atoms. The van der Waals surface area contributed by atoms with Gasteiger partial charge in [0.05, 0.1) is 6.04 Å². The first-order valence-corrected chi connectivity index (χ1v) is 9.01. The number of nitrogens with one attached hydrogen (secondary N) is 2. The number of aromatic nitrogens is 4. The normalized spacial score (nSPS) is 13.2. The van der Waals surface area contributed by atoms with Gasteiger partial charge in [0.15, 0.2) is 0 Å². The Bertz CT molecular complexity index is 951. The second kappa shape index (κ2) is 7.93. The van der Waals surface area contributed by atoms with Crippen LogP contribution in [0.2, 0.25) is 0 Å². The summed E-state index contributed by atoms with van der Waals surface area (Å²) >= 11 is 0. The van der Waals surface area contributed by atoms with Crippen molar-refractivity contribution in [2.45, 2.75) is 19.0 Å². The van der Waals surface area contributed by atoms with Crippen molar-refractivity contribution in [3.05, 3.63) is 102 Å². The van der Waals surface area contributed by atoms with Gasteiger partial charge >= 0.3 is 0 Å². The van der Waals surface area contributed by atoms with E-state index in [2.05, 4.69) is 93.5 Å². The summed E-state index contributed by atoms with van der Waals surface area (Å²) in [5.41, 5.74) is 4.63. The van der Waals surface area contributed by atoms with Crippen molar-refractivity contribution in [2.24, 2.45) is 0 Å². The summed E-state index contributed by atoms with van der Waals surface area (Å²) < 4.78 is 0. The quantitative estimate of drug-likeness (QED) is 0.541. The molecular formula is C22H21N5. The van der Waals surface area contributed by atoms with E-state index in [-0.39, 0.29) is 12.1 Å². The molecule has 0 aliphatic heterocycles. The predicted octanol–water partition coefficient (Wildman–Crippen LogP) is 4.31. The Morgan fingerprint density at radius 3 is 1.93 bits per heavy atom. The Labute approximate surface area is 158 Å². The van der Waals surface area contributed by atoms with Crippen LogP contribution >= 0.6 is 0 Å². The average Bonchev–Trinajstić information content (AvgIpc) is 3.28. The fraction of sp³-hybridized carbons (Fsp3) is 0.136. The Morgan fingerprint density at radius 1 is 0.741 bits per heavy atom. The summed E-state index contributed by atoms with van der Waals surface area (Å²) in [4.78, 5) is 0. The lowest BCUT2D eigenvalue weighted by Gasteiger charge is -2.25. The van der Waals surface area contributed by atoms with E-state index in [0.29, 0.717) is 5.82 Å². The third kappa shape index (κ3) is 3.93. The Kier molecular flexibility index (Phi) is 5.03. The maximum absolute atomic E-state index is 4.04. The number of tetrazole rings is 1. The number of hydrogen-bond donors (Lipinski definition) is 2. The van der Waals surface area contributed by atoms with Crippen molar-refractivity contribution in [1.29, 1.82) is 0 Å². The zero-order valence-electron chi connectivity index (χ0n) is 15.1. The van der Waals surface area contributed by atoms with Crippen LogP contribution in [-0.2, 0) is 0 Å². The summed E-state index contributed by atoms with van der Waals surface area (Å²) in [5.74, 6) is 0.600. The standard InChI is InChI=1S/C22H21N5/c1-16(17-8-4-2-5-9-17)23-21(18-10-6-3-7-11-18)19-12-14-20(15-13-19)22-24-26-27-25-22/h2-16,21,23H,1H3,(H,24,25,26,27)/t16-,21?/m1/s1. The lowest BCUT2D eigenvalue weighted by molar-refractivity contribution is 0.516. The number of hydrogen-bond acceptors (Lipinski definition) is 4. The van der Waals surface area contributed by atoms with E-state index >= 15 is 0 Å². The van der Waals surface area contributed by atoms with E-state index in [1.165, 1.54) is 16.7 Å². The maximum Gasteiger partial charge on any atom is 0.204 e. The minimum atomic E-state index is 0.0840. The van der Waals surface area contributed by atoms with Crippen LogP contribution in [0.15, 0.2) is 84.9 Å². The van der Waals surface area contributed by atoms with Crippen molar-refractivity contribution in [3.63, 3.8) is 0 Å². The minimum Gasteiger partial charge on any atom is -0.300 e. The van der Waals surface area contributed by atoms with Crippen LogP contribution in [0.3, 0.4) is 0 Å². The number of aromatic amines is 1. The summed E-state index contributed by atoms with van der Waals surface area (Å²) in [6.45, 7) is 2.19. The monoisotopic (exact) mass is 355 g/mol. The van der Waals surface area contributed by atoms with Gasteiger partial charge in [0.25, 0.3) is 0 Å². The molecular weight excluding hydrogens is 334 g/mol. The molecule has 0 radical (unpaired) electrons. The first-order valence-electron chi connectivity index (χ1n) is 9.01. The van der Waals surface area contributed by atoms with Crippen LogP contribution in [0, 0.1) is 0 Å². The summed E-state index contributed by atoms with van der Waals surface area (Å²) in [6, 6.07) is 29.6. The molecule has 1 aromatic heterocycles. The fourth-order valence-electron chi connectivity index (χ4n) is 3.23. The van der Waals surface area contributed by atoms with E-state index in [4.69, 9.17) is 0 Å². The van der Waals surface area contributed by atoms with Crippen molar-refractivity contribution >= 4 is 0 Å². The van der Waals surface area contributed by atoms with Crippen LogP contribution in [0.5, 0.6) is 0 Å². The molecule has 0 amide bonds. The molecule has 0 saturated heterocycles. The molecule has 4 aromatic rings. The topological polar surface area (TPSA) is 66.5 Å². The lowest BCUT2D eigenvalue weighted by atomic mass is 9.96. The Morgan fingerprint density at radius 2 is 1.33 bits per heavy atom. The van der Waals surface area contributed by atoms with E-state index in [9.17, 15) is 0 Å². The highest BCUT2D eigenvalue weighted by Gasteiger charge is 2.17. The molecule has 0 aliphatic carbocycles. The van der Waals surface area contributed by atoms with Gasteiger partial charge in [-0.1, -0.05) is 84.9 Å². The average molecular weight is 355 g/mol. The van der Waals surface area contributed by atoms with Gasteiger partial charge in [-0.3, -0.25) is 5.32 Å². The Hall–Kier alpha value is -3.31. The van der Waals surface area contributed by atoms with Crippen molar-refractivity contribution < 1.29 is 0 Å². The van der Waals surface area contributed by atoms with Crippen LogP contribution < -0.4 is 5.32 Å². The first-order chi connectivity index (χ1) is 13.3. The highest BCUT2D eigenvalue weighted by molar-refractivity contribution is 5.54. The van der Waals surface area contributed by atoms with Gasteiger partial charge in [-0.05, 0) is 28.8 Å². The zero-order valence-corrected chi connectivity index (χ0v) is 15.1. The number of rotatable bonds is 6. The molecule has 0 saturated carbocycles. The van der Waals surface area contributed by atoms with Gasteiger partial charge in [-0.25, -0.2) is 0 Å². The highest BCUT2D eigenvalue weighted by atomic mass is 15.5. The summed E-state index contributed by atoms with van der Waals surface area (Å²) in [7, 11) is 0. The smallest absolute Gasteiger partial charge is 0.204 e. The van der Waals surface area contributed by atoms with Gasteiger partial charge < -0.3 is 0 Å². The third-order valence-corrected chi connectivity index (χ3v) is 4.70. The molecule has 27 heavy (non-hydrogen) atoms. The van der Waals surface area contributed by atoms with E-state index < -0.39 is 0 Å². The molecule has 2 N–H and O–H groups in total. The van der Waals surface area contributed by atoms with E-state index in [1.807, 2.05) is 24.3 Å². The molecule has 1 heterocycles. The molecule has 5 nitrogen and oxygen atoms in total. The third-order valence-electron chi connectivity index (χ3n) is 4.70. The lowest BCUT2D eigenvalue weighted by Crippen LogP contribution is -2.25.